The van der Waals surface area contributed by atoms with Crippen molar-refractivity contribution in [2.45, 2.75) is 0 Å². The summed E-state index contributed by atoms with van der Waals surface area (Å²) in [5, 5.41) is 9.56. The molecule has 82 valence electrons. The van der Waals surface area contributed by atoms with E-state index in [2.05, 4.69) is 4.42 Å². The first kappa shape index (κ1) is 11.0. The van der Waals surface area contributed by atoms with Crippen LogP contribution in [0.15, 0.2) is 27.4 Å². The van der Waals surface area contributed by atoms with Gasteiger partial charge in [-0.1, -0.05) is 23.2 Å². The fourth-order valence-electron chi connectivity index (χ4n) is 1.31. The Hall–Kier alpha value is -1.52. The van der Waals surface area contributed by atoms with Crippen molar-refractivity contribution in [3.63, 3.8) is 0 Å². The summed E-state index contributed by atoms with van der Waals surface area (Å²) in [6.07, 6.45) is 0. The molecule has 0 unspecified atom stereocenters. The van der Waals surface area contributed by atoms with E-state index < -0.39 is 17.4 Å². The molecule has 0 amide bonds. The van der Waals surface area contributed by atoms with Crippen molar-refractivity contribution >= 4 is 39.9 Å². The van der Waals surface area contributed by atoms with Crippen molar-refractivity contribution in [2.24, 2.45) is 0 Å². The van der Waals surface area contributed by atoms with Gasteiger partial charge in [0.1, 0.15) is 0 Å². The van der Waals surface area contributed by atoms with Crippen LogP contribution in [0.4, 0.5) is 0 Å². The molecule has 0 bridgehead atoms. The lowest BCUT2D eigenvalue weighted by Gasteiger charge is -2.02. The van der Waals surface area contributed by atoms with Gasteiger partial charge >= 0.3 is 11.6 Å². The van der Waals surface area contributed by atoms with E-state index in [1.54, 1.807) is 0 Å². The molecule has 1 heterocycles. The first-order chi connectivity index (χ1) is 7.50. The van der Waals surface area contributed by atoms with Crippen LogP contribution in [-0.4, -0.2) is 11.1 Å². The number of rotatable bonds is 1. The normalized spacial score (nSPS) is 10.6. The molecule has 0 aliphatic carbocycles. The predicted octanol–water partition coefficient (Wildman–Crippen LogP) is 2.80. The molecule has 0 spiro atoms. The fourth-order valence-corrected chi connectivity index (χ4v) is 1.69. The fraction of sp³-hybridized carbons (Fsp3) is 0. The summed E-state index contributed by atoms with van der Waals surface area (Å²) in [5.41, 5.74) is -0.756. The quantitative estimate of drug-likeness (QED) is 0.854. The zero-order valence-electron chi connectivity index (χ0n) is 7.66. The van der Waals surface area contributed by atoms with Gasteiger partial charge in [0.2, 0.25) is 5.76 Å². The first-order valence-corrected chi connectivity index (χ1v) is 4.91. The van der Waals surface area contributed by atoms with Crippen LogP contribution in [-0.2, 0) is 0 Å². The van der Waals surface area contributed by atoms with E-state index in [9.17, 15) is 9.59 Å². The summed E-state index contributed by atoms with van der Waals surface area (Å²) in [5.74, 6) is -1.81. The average molecular weight is 259 g/mol. The van der Waals surface area contributed by atoms with Gasteiger partial charge < -0.3 is 9.52 Å². The van der Waals surface area contributed by atoms with E-state index in [-0.39, 0.29) is 20.8 Å². The second kappa shape index (κ2) is 3.81. The molecule has 0 saturated heterocycles. The van der Waals surface area contributed by atoms with Gasteiger partial charge in [-0.25, -0.2) is 9.59 Å². The number of carbonyl (C=O) groups is 1. The lowest BCUT2D eigenvalue weighted by Crippen LogP contribution is -2.06. The lowest BCUT2D eigenvalue weighted by molar-refractivity contribution is 0.0658. The Kier molecular flexibility index (Phi) is 2.61. The molecule has 0 fully saturated rings. The van der Waals surface area contributed by atoms with E-state index in [0.717, 1.165) is 0 Å². The Bertz CT molecular complexity index is 645. The SMILES string of the molecule is O=C(O)c1cc2c(Cl)c(Cl)ccc2c(=O)o1. The number of benzene rings is 1. The average Bonchev–Trinajstić information content (AvgIpc) is 2.23. The number of halogens is 2. The number of hydrogen-bond acceptors (Lipinski definition) is 3. The van der Waals surface area contributed by atoms with Gasteiger partial charge in [-0.2, -0.15) is 0 Å². The van der Waals surface area contributed by atoms with Crippen LogP contribution < -0.4 is 5.63 Å². The predicted molar refractivity (Wildman–Crippen MR) is 59.5 cm³/mol. The van der Waals surface area contributed by atoms with Gasteiger partial charge in [0.05, 0.1) is 15.4 Å². The Labute approximate surface area is 99.0 Å². The largest absolute Gasteiger partial charge is 0.475 e. The van der Waals surface area contributed by atoms with Crippen molar-refractivity contribution in [3.8, 4) is 0 Å². The molecule has 1 aromatic carbocycles. The van der Waals surface area contributed by atoms with E-state index in [1.165, 1.54) is 18.2 Å². The summed E-state index contributed by atoms with van der Waals surface area (Å²) in [7, 11) is 0. The monoisotopic (exact) mass is 258 g/mol. The second-order valence-corrected chi connectivity index (χ2v) is 3.81. The molecule has 16 heavy (non-hydrogen) atoms. The minimum Gasteiger partial charge on any atom is -0.475 e. The maximum Gasteiger partial charge on any atom is 0.371 e. The Morgan fingerprint density at radius 3 is 2.56 bits per heavy atom. The van der Waals surface area contributed by atoms with Crippen LogP contribution in [0.3, 0.4) is 0 Å². The maximum atomic E-state index is 11.4. The molecule has 0 saturated carbocycles. The third kappa shape index (κ3) is 1.66. The number of hydrogen-bond donors (Lipinski definition) is 1. The molecule has 6 heteroatoms. The summed E-state index contributed by atoms with van der Waals surface area (Å²) in [4.78, 5) is 22.1. The summed E-state index contributed by atoms with van der Waals surface area (Å²) in [6.45, 7) is 0. The highest BCUT2D eigenvalue weighted by Crippen LogP contribution is 2.29. The summed E-state index contributed by atoms with van der Waals surface area (Å²) in [6, 6.07) is 4.05. The van der Waals surface area contributed by atoms with Crippen molar-refractivity contribution in [2.75, 3.05) is 0 Å². The van der Waals surface area contributed by atoms with Crippen molar-refractivity contribution in [3.05, 3.63) is 44.4 Å². The van der Waals surface area contributed by atoms with Gasteiger partial charge in [-0.3, -0.25) is 0 Å². The highest BCUT2D eigenvalue weighted by atomic mass is 35.5. The van der Waals surface area contributed by atoms with Crippen molar-refractivity contribution < 1.29 is 14.3 Å². The molecule has 0 aliphatic heterocycles. The van der Waals surface area contributed by atoms with Gasteiger partial charge in [0.15, 0.2) is 0 Å². The summed E-state index contributed by atoms with van der Waals surface area (Å²) >= 11 is 11.6. The van der Waals surface area contributed by atoms with Crippen LogP contribution in [0, 0.1) is 0 Å². The van der Waals surface area contributed by atoms with Crippen LogP contribution in [0.2, 0.25) is 10.0 Å². The van der Waals surface area contributed by atoms with Gasteiger partial charge in [0.25, 0.3) is 0 Å². The number of carboxylic acids is 1. The van der Waals surface area contributed by atoms with Gasteiger partial charge in [-0.05, 0) is 18.2 Å². The second-order valence-electron chi connectivity index (χ2n) is 3.03. The first-order valence-electron chi connectivity index (χ1n) is 4.16. The molecule has 0 aliphatic rings. The standard InChI is InChI=1S/C10H4Cl2O4/c11-6-2-1-4-5(8(6)12)3-7(9(13)14)16-10(4)15/h1-3H,(H,13,14). The molecule has 2 aromatic rings. The number of carboxylic acid groups (broad SMARTS) is 1. The maximum absolute atomic E-state index is 11.4. The molecule has 4 nitrogen and oxygen atoms in total. The highest BCUT2D eigenvalue weighted by molar-refractivity contribution is 6.45. The highest BCUT2D eigenvalue weighted by Gasteiger charge is 2.13. The topological polar surface area (TPSA) is 67.5 Å². The smallest absolute Gasteiger partial charge is 0.371 e. The number of aromatic carboxylic acids is 1. The lowest BCUT2D eigenvalue weighted by atomic mass is 10.1. The number of fused-ring (bicyclic) bond motifs is 1. The van der Waals surface area contributed by atoms with Gasteiger partial charge in [0, 0.05) is 5.39 Å². The molecule has 2 rings (SSSR count). The van der Waals surface area contributed by atoms with E-state index in [1.807, 2.05) is 0 Å². The third-order valence-corrected chi connectivity index (χ3v) is 2.86. The Morgan fingerprint density at radius 1 is 1.25 bits per heavy atom. The summed E-state index contributed by atoms with van der Waals surface area (Å²) < 4.78 is 4.59. The third-order valence-electron chi connectivity index (χ3n) is 2.04. The van der Waals surface area contributed by atoms with Crippen molar-refractivity contribution in [1.29, 1.82) is 0 Å². The van der Waals surface area contributed by atoms with Crippen LogP contribution >= 0.6 is 23.2 Å². The van der Waals surface area contributed by atoms with Crippen LogP contribution in [0.25, 0.3) is 10.8 Å². The van der Waals surface area contributed by atoms with Crippen LogP contribution in [0.1, 0.15) is 10.6 Å². The molecule has 0 atom stereocenters. The molecule has 0 radical (unpaired) electrons. The zero-order valence-corrected chi connectivity index (χ0v) is 9.17. The molecular formula is C10H4Cl2O4. The Balaban J connectivity index is 2.94. The van der Waals surface area contributed by atoms with Gasteiger partial charge in [-0.15, -0.1) is 0 Å². The van der Waals surface area contributed by atoms with E-state index in [0.29, 0.717) is 0 Å². The molecule has 1 N–H and O–H groups in total. The Morgan fingerprint density at radius 2 is 1.94 bits per heavy atom. The van der Waals surface area contributed by atoms with E-state index >= 15 is 0 Å². The van der Waals surface area contributed by atoms with Crippen molar-refractivity contribution in [1.82, 2.24) is 0 Å². The van der Waals surface area contributed by atoms with Crippen LogP contribution in [0.5, 0.6) is 0 Å². The molecular weight excluding hydrogens is 255 g/mol. The minimum atomic E-state index is -1.34. The minimum absolute atomic E-state index is 0.134. The zero-order chi connectivity index (χ0) is 11.9. The van der Waals surface area contributed by atoms with E-state index in [4.69, 9.17) is 28.3 Å². The molecule has 1 aromatic heterocycles.